The molecule has 0 radical (unpaired) electrons. The first-order valence-corrected chi connectivity index (χ1v) is 9.80. The normalized spacial score (nSPS) is 10.6. The summed E-state index contributed by atoms with van der Waals surface area (Å²) in [5.41, 5.74) is 2.32. The van der Waals surface area contributed by atoms with Gasteiger partial charge in [0.05, 0.1) is 5.69 Å². The fourth-order valence-electron chi connectivity index (χ4n) is 2.67. The topological polar surface area (TPSA) is 55.2 Å². The summed E-state index contributed by atoms with van der Waals surface area (Å²) in [4.78, 5) is 27.4. The summed E-state index contributed by atoms with van der Waals surface area (Å²) >= 11 is 1.66. The third kappa shape index (κ3) is 4.86. The lowest BCUT2D eigenvalue weighted by Crippen LogP contribution is -2.34. The zero-order valence-electron chi connectivity index (χ0n) is 15.3. The molecule has 1 heterocycles. The van der Waals surface area contributed by atoms with Gasteiger partial charge in [0.25, 0.3) is 5.56 Å². The minimum absolute atomic E-state index is 0.0844. The Balaban J connectivity index is 1.75. The second kappa shape index (κ2) is 8.68. The van der Waals surface area contributed by atoms with Gasteiger partial charge >= 0.3 is 0 Å². The minimum Gasteiger partial charge on any atom is -0.340 e. The van der Waals surface area contributed by atoms with Crippen molar-refractivity contribution in [3.05, 3.63) is 82.6 Å². The molecule has 0 spiro atoms. The standard InChI is InChI=1S/C21H21N3O2S/c1-23(14-16-6-4-3-5-7-16)21(26)15-24-20(25)13-12-19(22-24)17-8-10-18(27-2)11-9-17/h3-13H,14-15H2,1-2H3. The van der Waals surface area contributed by atoms with Gasteiger partial charge in [-0.25, -0.2) is 4.68 Å². The molecule has 0 aliphatic rings. The van der Waals surface area contributed by atoms with Crippen molar-refractivity contribution in [2.45, 2.75) is 18.0 Å². The first-order chi connectivity index (χ1) is 13.1. The molecule has 0 atom stereocenters. The van der Waals surface area contributed by atoms with Gasteiger partial charge in [-0.2, -0.15) is 5.10 Å². The number of benzene rings is 2. The molecule has 2 aromatic carbocycles. The third-order valence-corrected chi connectivity index (χ3v) is 4.97. The van der Waals surface area contributed by atoms with Crippen LogP contribution in [0.4, 0.5) is 0 Å². The van der Waals surface area contributed by atoms with E-state index in [9.17, 15) is 9.59 Å². The lowest BCUT2D eigenvalue weighted by atomic mass is 10.1. The first-order valence-electron chi connectivity index (χ1n) is 8.57. The van der Waals surface area contributed by atoms with Gasteiger partial charge in [0, 0.05) is 30.1 Å². The maximum atomic E-state index is 12.5. The number of nitrogens with zero attached hydrogens (tertiary/aromatic N) is 3. The molecule has 0 bridgehead atoms. The Kier molecular flexibility index (Phi) is 6.08. The Bertz CT molecular complexity index is 969. The summed E-state index contributed by atoms with van der Waals surface area (Å²) < 4.78 is 1.22. The molecule has 1 aromatic heterocycles. The van der Waals surface area contributed by atoms with Crippen molar-refractivity contribution in [3.63, 3.8) is 0 Å². The fraction of sp³-hybridized carbons (Fsp3) is 0.190. The molecule has 5 nitrogen and oxygen atoms in total. The molecule has 27 heavy (non-hydrogen) atoms. The van der Waals surface area contributed by atoms with Crippen LogP contribution >= 0.6 is 11.8 Å². The predicted molar refractivity (Wildman–Crippen MR) is 109 cm³/mol. The van der Waals surface area contributed by atoms with Crippen LogP contribution < -0.4 is 5.56 Å². The minimum atomic E-state index is -0.291. The summed E-state index contributed by atoms with van der Waals surface area (Å²) in [5.74, 6) is -0.164. The Morgan fingerprint density at radius 2 is 1.74 bits per heavy atom. The number of thioether (sulfide) groups is 1. The van der Waals surface area contributed by atoms with Crippen LogP contribution in [0.25, 0.3) is 11.3 Å². The fourth-order valence-corrected chi connectivity index (χ4v) is 3.08. The van der Waals surface area contributed by atoms with Crippen molar-refractivity contribution >= 4 is 17.7 Å². The monoisotopic (exact) mass is 379 g/mol. The van der Waals surface area contributed by atoms with Crippen molar-refractivity contribution in [1.29, 1.82) is 0 Å². The summed E-state index contributed by atoms with van der Waals surface area (Å²) in [6.45, 7) is 0.406. The van der Waals surface area contributed by atoms with Gasteiger partial charge in [-0.05, 0) is 30.0 Å². The van der Waals surface area contributed by atoms with Crippen molar-refractivity contribution in [2.24, 2.45) is 0 Å². The zero-order valence-corrected chi connectivity index (χ0v) is 16.1. The molecule has 0 fully saturated rings. The number of rotatable bonds is 6. The average molecular weight is 379 g/mol. The SMILES string of the molecule is CSc1ccc(-c2ccc(=O)n(CC(=O)N(C)Cc3ccccc3)n2)cc1. The highest BCUT2D eigenvalue weighted by molar-refractivity contribution is 7.98. The van der Waals surface area contributed by atoms with Crippen LogP contribution in [-0.2, 0) is 17.9 Å². The van der Waals surface area contributed by atoms with Gasteiger partial charge < -0.3 is 4.90 Å². The number of likely N-dealkylation sites (N-methyl/N-ethyl adjacent to an activating group) is 1. The van der Waals surface area contributed by atoms with E-state index in [-0.39, 0.29) is 18.0 Å². The van der Waals surface area contributed by atoms with Crippen LogP contribution in [0.3, 0.4) is 0 Å². The third-order valence-electron chi connectivity index (χ3n) is 4.23. The second-order valence-electron chi connectivity index (χ2n) is 6.18. The van der Waals surface area contributed by atoms with Crippen LogP contribution in [0.15, 0.2) is 76.4 Å². The largest absolute Gasteiger partial charge is 0.340 e. The van der Waals surface area contributed by atoms with E-state index in [2.05, 4.69) is 5.10 Å². The number of carbonyl (C=O) groups excluding carboxylic acids is 1. The van der Waals surface area contributed by atoms with Gasteiger partial charge in [-0.15, -0.1) is 11.8 Å². The van der Waals surface area contributed by atoms with E-state index >= 15 is 0 Å². The van der Waals surface area contributed by atoms with Crippen molar-refractivity contribution < 1.29 is 4.79 Å². The zero-order chi connectivity index (χ0) is 19.2. The molecule has 0 saturated carbocycles. The van der Waals surface area contributed by atoms with E-state index in [0.717, 1.165) is 16.0 Å². The summed E-state index contributed by atoms with van der Waals surface area (Å²) in [5, 5.41) is 4.38. The molecule has 1 amide bonds. The van der Waals surface area contributed by atoms with Crippen molar-refractivity contribution in [3.8, 4) is 11.3 Å². The van der Waals surface area contributed by atoms with Crippen LogP contribution in [0.5, 0.6) is 0 Å². The van der Waals surface area contributed by atoms with Crippen LogP contribution in [-0.4, -0.2) is 33.9 Å². The highest BCUT2D eigenvalue weighted by Crippen LogP contribution is 2.20. The molecule has 0 aliphatic heterocycles. The quantitative estimate of drug-likeness (QED) is 0.617. The predicted octanol–water partition coefficient (Wildman–Crippen LogP) is 3.29. The molecular weight excluding hydrogens is 358 g/mol. The molecule has 0 N–H and O–H groups in total. The molecule has 138 valence electrons. The maximum Gasteiger partial charge on any atom is 0.267 e. The van der Waals surface area contributed by atoms with E-state index in [1.165, 1.54) is 10.7 Å². The number of aromatic nitrogens is 2. The van der Waals surface area contributed by atoms with E-state index in [4.69, 9.17) is 0 Å². The second-order valence-corrected chi connectivity index (χ2v) is 7.06. The van der Waals surface area contributed by atoms with Gasteiger partial charge in [0.1, 0.15) is 6.54 Å². The maximum absolute atomic E-state index is 12.5. The number of carbonyl (C=O) groups is 1. The molecule has 6 heteroatoms. The van der Waals surface area contributed by atoms with Gasteiger partial charge in [-0.1, -0.05) is 42.5 Å². The highest BCUT2D eigenvalue weighted by atomic mass is 32.2. The van der Waals surface area contributed by atoms with Crippen LogP contribution in [0, 0.1) is 0 Å². The lowest BCUT2D eigenvalue weighted by Gasteiger charge is -2.17. The van der Waals surface area contributed by atoms with E-state index in [1.807, 2.05) is 60.9 Å². The van der Waals surface area contributed by atoms with E-state index in [0.29, 0.717) is 12.2 Å². The lowest BCUT2D eigenvalue weighted by molar-refractivity contribution is -0.131. The van der Waals surface area contributed by atoms with Crippen molar-refractivity contribution in [1.82, 2.24) is 14.7 Å². The molecule has 0 aliphatic carbocycles. The Labute approximate surface area is 162 Å². The van der Waals surface area contributed by atoms with Gasteiger partial charge in [-0.3, -0.25) is 9.59 Å². The van der Waals surface area contributed by atoms with E-state index in [1.54, 1.807) is 29.8 Å². The molecule has 0 saturated heterocycles. The number of amides is 1. The molecule has 0 unspecified atom stereocenters. The van der Waals surface area contributed by atoms with Crippen LogP contribution in [0.1, 0.15) is 5.56 Å². The summed E-state index contributed by atoms with van der Waals surface area (Å²) in [6.07, 6.45) is 2.02. The highest BCUT2D eigenvalue weighted by Gasteiger charge is 2.12. The Morgan fingerprint density at radius 3 is 2.41 bits per heavy atom. The van der Waals surface area contributed by atoms with Crippen LogP contribution in [0.2, 0.25) is 0 Å². The van der Waals surface area contributed by atoms with Gasteiger partial charge in [0.2, 0.25) is 5.91 Å². The summed E-state index contributed by atoms with van der Waals surface area (Å²) in [6, 6.07) is 20.8. The van der Waals surface area contributed by atoms with Gasteiger partial charge in [0.15, 0.2) is 0 Å². The smallest absolute Gasteiger partial charge is 0.267 e. The number of hydrogen-bond acceptors (Lipinski definition) is 4. The summed E-state index contributed by atoms with van der Waals surface area (Å²) in [7, 11) is 1.73. The Hall–Kier alpha value is -2.86. The Morgan fingerprint density at radius 1 is 1.04 bits per heavy atom. The average Bonchev–Trinajstić information content (AvgIpc) is 2.70. The van der Waals surface area contributed by atoms with Crippen molar-refractivity contribution in [2.75, 3.05) is 13.3 Å². The molecule has 3 rings (SSSR count). The first kappa shape index (κ1) is 18.9. The van der Waals surface area contributed by atoms with E-state index < -0.39 is 0 Å². The molecular formula is C21H21N3O2S. The molecule has 3 aromatic rings. The number of hydrogen-bond donors (Lipinski definition) is 0.